The van der Waals surface area contributed by atoms with Gasteiger partial charge in [-0.3, -0.25) is 4.68 Å². The minimum absolute atomic E-state index is 0.0468. The second-order valence-corrected chi connectivity index (χ2v) is 4.53. The van der Waals surface area contributed by atoms with E-state index in [1.807, 2.05) is 25.1 Å². The van der Waals surface area contributed by atoms with Gasteiger partial charge in [0.25, 0.3) is 0 Å². The van der Waals surface area contributed by atoms with Crippen LogP contribution in [0.5, 0.6) is 0 Å². The Labute approximate surface area is 101 Å². The van der Waals surface area contributed by atoms with Crippen molar-refractivity contribution >= 4 is 11.7 Å². The van der Waals surface area contributed by atoms with E-state index in [1.165, 1.54) is 0 Å². The average molecular weight is 237 g/mol. The fourth-order valence-electron chi connectivity index (χ4n) is 2.03. The molecule has 1 aromatic rings. The van der Waals surface area contributed by atoms with Crippen LogP contribution in [0.2, 0.25) is 0 Å². The Bertz CT molecular complexity index is 414. The molecule has 0 aromatic carbocycles. The molecule has 0 saturated carbocycles. The van der Waals surface area contributed by atoms with E-state index in [1.54, 1.807) is 4.68 Å². The maximum atomic E-state index is 12.0. The number of nitrogens with one attached hydrogen (secondary N) is 2. The van der Waals surface area contributed by atoms with Gasteiger partial charge in [-0.05, 0) is 13.8 Å². The van der Waals surface area contributed by atoms with Crippen LogP contribution < -0.4 is 10.6 Å². The van der Waals surface area contributed by atoms with Crippen LogP contribution >= 0.6 is 0 Å². The third-order valence-electron chi connectivity index (χ3n) is 2.91. The van der Waals surface area contributed by atoms with Crippen molar-refractivity contribution in [3.63, 3.8) is 0 Å². The van der Waals surface area contributed by atoms with E-state index < -0.39 is 0 Å². The van der Waals surface area contributed by atoms with Crippen molar-refractivity contribution in [3.05, 3.63) is 11.9 Å². The molecule has 2 amide bonds. The summed E-state index contributed by atoms with van der Waals surface area (Å²) in [6.45, 7) is 6.30. The first-order valence-electron chi connectivity index (χ1n) is 5.86. The van der Waals surface area contributed by atoms with Gasteiger partial charge in [-0.1, -0.05) is 0 Å². The van der Waals surface area contributed by atoms with Crippen LogP contribution in [-0.4, -0.2) is 46.4 Å². The molecule has 6 nitrogen and oxygen atoms in total. The van der Waals surface area contributed by atoms with Gasteiger partial charge in [0.15, 0.2) is 0 Å². The molecule has 1 fully saturated rings. The third kappa shape index (κ3) is 2.76. The van der Waals surface area contributed by atoms with Crippen LogP contribution in [0.3, 0.4) is 0 Å². The lowest BCUT2D eigenvalue weighted by Crippen LogP contribution is -2.52. The summed E-state index contributed by atoms with van der Waals surface area (Å²) >= 11 is 0. The van der Waals surface area contributed by atoms with Gasteiger partial charge in [0.2, 0.25) is 0 Å². The molecule has 1 atom stereocenters. The molecule has 17 heavy (non-hydrogen) atoms. The van der Waals surface area contributed by atoms with Gasteiger partial charge in [0, 0.05) is 38.9 Å². The molecule has 1 aliphatic heterocycles. The number of anilines is 1. The summed E-state index contributed by atoms with van der Waals surface area (Å²) in [5, 5.41) is 10.4. The lowest BCUT2D eigenvalue weighted by atomic mass is 10.2. The van der Waals surface area contributed by atoms with Gasteiger partial charge in [0.1, 0.15) is 0 Å². The van der Waals surface area contributed by atoms with E-state index in [-0.39, 0.29) is 6.03 Å². The van der Waals surface area contributed by atoms with Crippen molar-refractivity contribution < 1.29 is 4.79 Å². The Morgan fingerprint density at radius 2 is 2.41 bits per heavy atom. The molecular formula is C11H19N5O. The second-order valence-electron chi connectivity index (χ2n) is 4.53. The van der Waals surface area contributed by atoms with Crippen LogP contribution in [0.15, 0.2) is 6.20 Å². The zero-order chi connectivity index (χ0) is 12.4. The number of hydrogen-bond acceptors (Lipinski definition) is 3. The Morgan fingerprint density at radius 3 is 3.00 bits per heavy atom. The molecule has 0 spiro atoms. The summed E-state index contributed by atoms with van der Waals surface area (Å²) < 4.78 is 1.70. The van der Waals surface area contributed by atoms with Crippen molar-refractivity contribution in [1.29, 1.82) is 0 Å². The van der Waals surface area contributed by atoms with Crippen LogP contribution in [0.25, 0.3) is 0 Å². The molecule has 0 radical (unpaired) electrons. The lowest BCUT2D eigenvalue weighted by molar-refractivity contribution is 0.192. The number of nitrogens with zero attached hydrogens (tertiary/aromatic N) is 3. The number of urea groups is 1. The molecule has 1 aromatic heterocycles. The highest BCUT2D eigenvalue weighted by Crippen LogP contribution is 2.12. The summed E-state index contributed by atoms with van der Waals surface area (Å²) in [4.78, 5) is 13.9. The molecule has 0 aliphatic carbocycles. The van der Waals surface area contributed by atoms with E-state index in [0.717, 1.165) is 31.0 Å². The summed E-state index contributed by atoms with van der Waals surface area (Å²) in [5.74, 6) is 0. The first-order valence-corrected chi connectivity index (χ1v) is 5.86. The number of rotatable bonds is 1. The summed E-state index contributed by atoms with van der Waals surface area (Å²) in [6.07, 6.45) is 1.82. The highest BCUT2D eigenvalue weighted by atomic mass is 16.2. The summed E-state index contributed by atoms with van der Waals surface area (Å²) in [7, 11) is 1.84. The lowest BCUT2D eigenvalue weighted by Gasteiger charge is -2.31. The molecule has 2 N–H and O–H groups in total. The second kappa shape index (κ2) is 4.75. The fourth-order valence-corrected chi connectivity index (χ4v) is 2.03. The Morgan fingerprint density at radius 1 is 1.65 bits per heavy atom. The number of amides is 2. The average Bonchev–Trinajstić information content (AvgIpc) is 2.57. The number of hydrogen-bond donors (Lipinski definition) is 2. The van der Waals surface area contributed by atoms with Crippen molar-refractivity contribution in [2.24, 2.45) is 7.05 Å². The van der Waals surface area contributed by atoms with Gasteiger partial charge in [-0.25, -0.2) is 4.79 Å². The van der Waals surface area contributed by atoms with Crippen LogP contribution in [0.4, 0.5) is 10.5 Å². The van der Waals surface area contributed by atoms with E-state index in [2.05, 4.69) is 22.7 Å². The van der Waals surface area contributed by atoms with Gasteiger partial charge < -0.3 is 15.5 Å². The smallest absolute Gasteiger partial charge is 0.322 e. The highest BCUT2D eigenvalue weighted by Gasteiger charge is 2.21. The van der Waals surface area contributed by atoms with Crippen LogP contribution in [0.1, 0.15) is 12.6 Å². The first-order chi connectivity index (χ1) is 8.06. The summed E-state index contributed by atoms with van der Waals surface area (Å²) in [6, 6.07) is 0.305. The molecule has 1 aliphatic rings. The zero-order valence-corrected chi connectivity index (χ0v) is 10.5. The number of aryl methyl sites for hydroxylation is 2. The largest absolute Gasteiger partial charge is 0.322 e. The molecule has 2 rings (SSSR count). The zero-order valence-electron chi connectivity index (χ0n) is 10.5. The van der Waals surface area contributed by atoms with E-state index in [0.29, 0.717) is 6.04 Å². The SMILES string of the molecule is Cc1nn(C)cc1NC(=O)N1CCNC(C)C1. The van der Waals surface area contributed by atoms with Crippen LogP contribution in [0, 0.1) is 6.92 Å². The summed E-state index contributed by atoms with van der Waals surface area (Å²) in [5.41, 5.74) is 1.62. The van der Waals surface area contributed by atoms with Crippen LogP contribution in [-0.2, 0) is 7.05 Å². The van der Waals surface area contributed by atoms with Gasteiger partial charge in [0.05, 0.1) is 11.4 Å². The van der Waals surface area contributed by atoms with E-state index in [4.69, 9.17) is 0 Å². The number of aromatic nitrogens is 2. The molecule has 2 heterocycles. The predicted molar refractivity (Wildman–Crippen MR) is 66.0 cm³/mol. The van der Waals surface area contributed by atoms with Crippen molar-refractivity contribution in [2.75, 3.05) is 25.0 Å². The Balaban J connectivity index is 1.99. The fraction of sp³-hybridized carbons (Fsp3) is 0.636. The normalized spacial score (nSPS) is 20.4. The third-order valence-corrected chi connectivity index (χ3v) is 2.91. The quantitative estimate of drug-likeness (QED) is 0.750. The predicted octanol–water partition coefficient (Wildman–Crippen LogP) is 0.554. The maximum absolute atomic E-state index is 12.0. The van der Waals surface area contributed by atoms with Gasteiger partial charge in [-0.2, -0.15) is 5.10 Å². The Kier molecular flexibility index (Phi) is 3.33. The molecular weight excluding hydrogens is 218 g/mol. The molecule has 1 saturated heterocycles. The molecule has 94 valence electrons. The number of carbonyl (C=O) groups is 1. The monoisotopic (exact) mass is 237 g/mol. The van der Waals surface area contributed by atoms with Gasteiger partial charge in [-0.15, -0.1) is 0 Å². The van der Waals surface area contributed by atoms with E-state index in [9.17, 15) is 4.79 Å². The van der Waals surface area contributed by atoms with Crippen molar-refractivity contribution in [2.45, 2.75) is 19.9 Å². The topological polar surface area (TPSA) is 62.2 Å². The number of piperazine rings is 1. The van der Waals surface area contributed by atoms with Crippen molar-refractivity contribution in [1.82, 2.24) is 20.0 Å². The molecule has 0 bridgehead atoms. The molecule has 1 unspecified atom stereocenters. The van der Waals surface area contributed by atoms with E-state index >= 15 is 0 Å². The highest BCUT2D eigenvalue weighted by molar-refractivity contribution is 5.89. The van der Waals surface area contributed by atoms with Gasteiger partial charge >= 0.3 is 6.03 Å². The molecule has 6 heteroatoms. The first kappa shape index (κ1) is 11.9. The number of carbonyl (C=O) groups excluding carboxylic acids is 1. The standard InChI is InChI=1S/C11H19N5O/c1-8-6-16(5-4-12-8)11(17)13-10-7-15(3)14-9(10)2/h7-8,12H,4-6H2,1-3H3,(H,13,17). The van der Waals surface area contributed by atoms with Crippen molar-refractivity contribution in [3.8, 4) is 0 Å². The Hall–Kier alpha value is -1.56. The minimum Gasteiger partial charge on any atom is -0.322 e. The maximum Gasteiger partial charge on any atom is 0.322 e. The minimum atomic E-state index is -0.0468.